The highest BCUT2D eigenvalue weighted by atomic mass is 32.2. The number of anilines is 1. The molecule has 19 heavy (non-hydrogen) atoms. The van der Waals surface area contributed by atoms with Gasteiger partial charge in [-0.1, -0.05) is 13.8 Å². The van der Waals surface area contributed by atoms with Crippen molar-refractivity contribution >= 4 is 16.0 Å². The summed E-state index contributed by atoms with van der Waals surface area (Å²) >= 11 is 0. The van der Waals surface area contributed by atoms with Crippen molar-refractivity contribution < 1.29 is 8.42 Å². The van der Waals surface area contributed by atoms with Crippen molar-refractivity contribution in [1.82, 2.24) is 19.6 Å². The molecule has 0 aromatic carbocycles. The van der Waals surface area contributed by atoms with Gasteiger partial charge in [-0.3, -0.25) is 0 Å². The number of hydrogen-bond acceptors (Lipinski definition) is 6. The van der Waals surface area contributed by atoms with Gasteiger partial charge in [0.25, 0.3) is 0 Å². The third-order valence-corrected chi connectivity index (χ3v) is 4.08. The van der Waals surface area contributed by atoms with Crippen LogP contribution >= 0.6 is 0 Å². The van der Waals surface area contributed by atoms with Gasteiger partial charge in [-0.25, -0.2) is 23.1 Å². The second kappa shape index (κ2) is 6.27. The van der Waals surface area contributed by atoms with E-state index in [-0.39, 0.29) is 22.8 Å². The molecule has 1 aromatic heterocycles. The van der Waals surface area contributed by atoms with E-state index in [9.17, 15) is 8.42 Å². The molecule has 0 spiro atoms. The number of aromatic nitrogens is 2. The first-order valence-corrected chi connectivity index (χ1v) is 7.45. The molecule has 1 rings (SSSR count). The van der Waals surface area contributed by atoms with E-state index in [1.165, 1.54) is 12.4 Å². The molecule has 1 atom stereocenters. The highest BCUT2D eigenvalue weighted by molar-refractivity contribution is 7.89. The van der Waals surface area contributed by atoms with Crippen LogP contribution in [0.1, 0.15) is 13.8 Å². The Kier molecular flexibility index (Phi) is 5.21. The number of nitrogens with two attached hydrogens (primary N) is 1. The smallest absolute Gasteiger partial charge is 0.243 e. The first kappa shape index (κ1) is 15.8. The average molecular weight is 287 g/mol. The van der Waals surface area contributed by atoms with Crippen molar-refractivity contribution in [3.63, 3.8) is 0 Å². The number of nitrogens with one attached hydrogen (secondary N) is 1. The van der Waals surface area contributed by atoms with Crippen LogP contribution < -0.4 is 10.5 Å². The molecule has 0 aliphatic rings. The van der Waals surface area contributed by atoms with Crippen LogP contribution in [0.4, 0.5) is 5.95 Å². The van der Waals surface area contributed by atoms with E-state index in [0.29, 0.717) is 6.54 Å². The topological polar surface area (TPSA) is 101 Å². The third-order valence-electron chi connectivity index (χ3n) is 2.63. The Morgan fingerprint density at radius 2 is 1.84 bits per heavy atom. The second-order valence-corrected chi connectivity index (χ2v) is 6.72. The lowest BCUT2D eigenvalue weighted by Gasteiger charge is -2.25. The summed E-state index contributed by atoms with van der Waals surface area (Å²) in [6, 6.07) is -0.183. The summed E-state index contributed by atoms with van der Waals surface area (Å²) in [5.41, 5.74) is 5.34. The first-order chi connectivity index (χ1) is 8.72. The van der Waals surface area contributed by atoms with Gasteiger partial charge >= 0.3 is 0 Å². The zero-order chi connectivity index (χ0) is 14.6. The molecule has 0 saturated carbocycles. The molecule has 1 aromatic rings. The second-order valence-electron chi connectivity index (χ2n) is 5.01. The largest absolute Gasteiger partial charge is 0.368 e. The maximum atomic E-state index is 12.2. The summed E-state index contributed by atoms with van der Waals surface area (Å²) in [4.78, 5) is 9.35. The van der Waals surface area contributed by atoms with Gasteiger partial charge in [0.15, 0.2) is 0 Å². The minimum atomic E-state index is -3.62. The molecule has 0 radical (unpaired) electrons. The van der Waals surface area contributed by atoms with Gasteiger partial charge in [-0.2, -0.15) is 0 Å². The van der Waals surface area contributed by atoms with E-state index in [0.717, 1.165) is 0 Å². The molecule has 0 bridgehead atoms. The van der Waals surface area contributed by atoms with Gasteiger partial charge in [0.2, 0.25) is 16.0 Å². The van der Waals surface area contributed by atoms with Crippen LogP contribution in [0.5, 0.6) is 0 Å². The number of nitrogens with zero attached hydrogens (tertiary/aromatic N) is 3. The van der Waals surface area contributed by atoms with E-state index < -0.39 is 10.0 Å². The van der Waals surface area contributed by atoms with Gasteiger partial charge in [0.1, 0.15) is 4.90 Å². The summed E-state index contributed by atoms with van der Waals surface area (Å²) < 4.78 is 27.0. The molecule has 3 N–H and O–H groups in total. The Morgan fingerprint density at radius 1 is 1.32 bits per heavy atom. The summed E-state index contributed by atoms with van der Waals surface area (Å²) in [7, 11) is 0.174. The van der Waals surface area contributed by atoms with Crippen LogP contribution in [0.2, 0.25) is 0 Å². The van der Waals surface area contributed by atoms with Crippen LogP contribution in [0.25, 0.3) is 0 Å². The van der Waals surface area contributed by atoms with Gasteiger partial charge < -0.3 is 10.6 Å². The zero-order valence-corrected chi connectivity index (χ0v) is 12.5. The molecular weight excluding hydrogens is 266 g/mol. The predicted octanol–water partition coefficient (Wildman–Crippen LogP) is -0.0767. The molecule has 8 heteroatoms. The Bertz CT molecular complexity index is 498. The van der Waals surface area contributed by atoms with E-state index >= 15 is 0 Å². The molecule has 1 heterocycles. The average Bonchev–Trinajstić information content (AvgIpc) is 2.27. The summed E-state index contributed by atoms with van der Waals surface area (Å²) in [5, 5.41) is 0. The molecule has 108 valence electrons. The van der Waals surface area contributed by atoms with E-state index in [2.05, 4.69) is 14.7 Å². The summed E-state index contributed by atoms with van der Waals surface area (Å²) in [6.07, 6.45) is 2.41. The van der Waals surface area contributed by atoms with Crippen molar-refractivity contribution in [2.45, 2.75) is 24.8 Å². The number of likely N-dealkylation sites (N-methyl/N-ethyl adjacent to an activating group) is 1. The van der Waals surface area contributed by atoms with Crippen LogP contribution in [0.15, 0.2) is 17.3 Å². The van der Waals surface area contributed by atoms with E-state index in [1.54, 1.807) is 0 Å². The maximum Gasteiger partial charge on any atom is 0.243 e. The van der Waals surface area contributed by atoms with Crippen LogP contribution in [0, 0.1) is 5.92 Å². The molecule has 7 nitrogen and oxygen atoms in total. The fourth-order valence-corrected chi connectivity index (χ4v) is 2.77. The molecule has 1 unspecified atom stereocenters. The molecule has 0 amide bonds. The zero-order valence-electron chi connectivity index (χ0n) is 11.7. The van der Waals surface area contributed by atoms with E-state index in [1.807, 2.05) is 32.8 Å². The lowest BCUT2D eigenvalue weighted by atomic mass is 10.1. The number of hydrogen-bond donors (Lipinski definition) is 2. The standard InChI is InChI=1S/C11H21N5O2S/c1-8(2)10(7-16(3)4)15-19(17,18)9-5-13-11(12)14-6-9/h5-6,8,10,15H,7H2,1-4H3,(H2,12,13,14). The molecular formula is C11H21N5O2S. The highest BCUT2D eigenvalue weighted by Gasteiger charge is 2.23. The first-order valence-electron chi connectivity index (χ1n) is 5.97. The van der Waals surface area contributed by atoms with Gasteiger partial charge in [0.05, 0.1) is 12.4 Å². The third kappa shape index (κ3) is 4.73. The number of sulfonamides is 1. The molecule has 0 fully saturated rings. The van der Waals surface area contributed by atoms with Crippen molar-refractivity contribution in [1.29, 1.82) is 0 Å². The molecule has 0 aliphatic carbocycles. The van der Waals surface area contributed by atoms with Crippen LogP contribution in [0.3, 0.4) is 0 Å². The SMILES string of the molecule is CC(C)C(CN(C)C)NS(=O)(=O)c1cnc(N)nc1. The summed E-state index contributed by atoms with van der Waals surface area (Å²) in [5.74, 6) is 0.222. The van der Waals surface area contributed by atoms with Crippen molar-refractivity contribution in [2.24, 2.45) is 5.92 Å². The van der Waals surface area contributed by atoms with Crippen LogP contribution in [-0.4, -0.2) is 50.0 Å². The Hall–Kier alpha value is -1.25. The lowest BCUT2D eigenvalue weighted by Crippen LogP contribution is -2.44. The van der Waals surface area contributed by atoms with Crippen molar-refractivity contribution in [2.75, 3.05) is 26.4 Å². The summed E-state index contributed by atoms with van der Waals surface area (Å²) in [6.45, 7) is 4.55. The fraction of sp³-hybridized carbons (Fsp3) is 0.636. The van der Waals surface area contributed by atoms with Gasteiger partial charge in [-0.05, 0) is 20.0 Å². The Labute approximate surface area is 114 Å². The number of rotatable bonds is 6. The monoisotopic (exact) mass is 287 g/mol. The maximum absolute atomic E-state index is 12.2. The minimum Gasteiger partial charge on any atom is -0.368 e. The van der Waals surface area contributed by atoms with Crippen molar-refractivity contribution in [3.05, 3.63) is 12.4 Å². The Morgan fingerprint density at radius 3 is 2.26 bits per heavy atom. The Balaban J connectivity index is 2.90. The number of nitrogen functional groups attached to an aromatic ring is 1. The minimum absolute atomic E-state index is 0.0195. The quantitative estimate of drug-likeness (QED) is 0.759. The molecule has 0 saturated heterocycles. The lowest BCUT2D eigenvalue weighted by molar-refractivity contribution is 0.314. The van der Waals surface area contributed by atoms with Crippen molar-refractivity contribution in [3.8, 4) is 0 Å². The van der Waals surface area contributed by atoms with Gasteiger partial charge in [-0.15, -0.1) is 0 Å². The van der Waals surface area contributed by atoms with E-state index in [4.69, 9.17) is 5.73 Å². The molecule has 0 aliphatic heterocycles. The predicted molar refractivity (Wildman–Crippen MR) is 73.9 cm³/mol. The van der Waals surface area contributed by atoms with Gasteiger partial charge in [0, 0.05) is 12.6 Å². The van der Waals surface area contributed by atoms with Crippen LogP contribution in [-0.2, 0) is 10.0 Å². The fourth-order valence-electron chi connectivity index (χ4n) is 1.51. The normalized spacial score (nSPS) is 14.0. The highest BCUT2D eigenvalue weighted by Crippen LogP contribution is 2.11.